The summed E-state index contributed by atoms with van der Waals surface area (Å²) in [7, 11) is 1.54. The van der Waals surface area contributed by atoms with Gasteiger partial charge in [0.05, 0.1) is 22.2 Å². The number of benzene rings is 3. The summed E-state index contributed by atoms with van der Waals surface area (Å²) in [6.45, 7) is 0.308. The van der Waals surface area contributed by atoms with Crippen molar-refractivity contribution in [2.45, 2.75) is 12.8 Å². The number of methoxy groups -OCH3 is 1. The molecule has 1 fully saturated rings. The number of hydrogen-bond donors (Lipinski definition) is 1. The number of ether oxygens (including phenoxy) is 1. The molecular weight excluding hydrogens is 612 g/mol. The molecule has 40 heavy (non-hydrogen) atoms. The first-order valence-electron chi connectivity index (χ1n) is 12.4. The standard InChI is InChI=1S/C30H23BrN2O5S2/c1-37-23-14-13-19(17-21(23)31)27(35)28-26(20-10-5-6-11-22(20)38-28)32-25(34)12-7-15-33-29(36)24(40-30(33)39)16-18-8-3-2-4-9-18/h2-6,8-11,13-14,16-17H,7,12,15H2,1H3,(H,32,34)/b24-16-. The van der Waals surface area contributed by atoms with E-state index in [-0.39, 0.29) is 29.8 Å². The van der Waals surface area contributed by atoms with E-state index < -0.39 is 0 Å². The van der Waals surface area contributed by atoms with Gasteiger partial charge in [-0.25, -0.2) is 0 Å². The summed E-state index contributed by atoms with van der Waals surface area (Å²) in [4.78, 5) is 41.4. The fourth-order valence-corrected chi connectivity index (χ4v) is 6.11. The van der Waals surface area contributed by atoms with Crippen molar-refractivity contribution < 1.29 is 23.5 Å². The maximum Gasteiger partial charge on any atom is 0.266 e. The van der Waals surface area contributed by atoms with E-state index in [1.54, 1.807) is 43.5 Å². The van der Waals surface area contributed by atoms with Crippen LogP contribution in [0.15, 0.2) is 86.6 Å². The summed E-state index contributed by atoms with van der Waals surface area (Å²) >= 11 is 10.1. The van der Waals surface area contributed by atoms with Gasteiger partial charge in [-0.1, -0.05) is 66.4 Å². The van der Waals surface area contributed by atoms with Crippen LogP contribution in [0.2, 0.25) is 0 Å². The van der Waals surface area contributed by atoms with Crippen LogP contribution in [0.4, 0.5) is 5.69 Å². The van der Waals surface area contributed by atoms with Crippen molar-refractivity contribution in [2.24, 2.45) is 0 Å². The second-order valence-corrected chi connectivity index (χ2v) is 11.4. The molecule has 0 bridgehead atoms. The summed E-state index contributed by atoms with van der Waals surface area (Å²) in [5.41, 5.74) is 2.09. The number of para-hydroxylation sites is 1. The number of carbonyl (C=O) groups excluding carboxylic acids is 3. The number of thioether (sulfide) groups is 1. The lowest BCUT2D eigenvalue weighted by atomic mass is 10.1. The molecule has 0 saturated carbocycles. The van der Waals surface area contributed by atoms with Gasteiger partial charge in [-0.3, -0.25) is 19.3 Å². The lowest BCUT2D eigenvalue weighted by molar-refractivity contribution is -0.122. The van der Waals surface area contributed by atoms with E-state index in [0.29, 0.717) is 54.6 Å². The Morgan fingerprint density at radius 1 is 1.10 bits per heavy atom. The summed E-state index contributed by atoms with van der Waals surface area (Å²) < 4.78 is 12.2. The molecule has 1 aromatic heterocycles. The molecule has 3 aromatic carbocycles. The molecule has 5 rings (SSSR count). The van der Waals surface area contributed by atoms with Gasteiger partial charge in [0.2, 0.25) is 11.7 Å². The van der Waals surface area contributed by atoms with Gasteiger partial charge in [0.15, 0.2) is 5.76 Å². The maximum atomic E-state index is 13.4. The molecule has 4 aromatic rings. The van der Waals surface area contributed by atoms with Gasteiger partial charge in [-0.15, -0.1) is 0 Å². The van der Waals surface area contributed by atoms with Crippen molar-refractivity contribution in [2.75, 3.05) is 19.0 Å². The Hall–Kier alpha value is -3.73. The third-order valence-corrected chi connectivity index (χ3v) is 8.23. The summed E-state index contributed by atoms with van der Waals surface area (Å²) in [6.07, 6.45) is 2.33. The van der Waals surface area contributed by atoms with Crippen LogP contribution >= 0.6 is 39.9 Å². The zero-order valence-corrected chi connectivity index (χ0v) is 24.5. The Labute approximate surface area is 248 Å². The third-order valence-electron chi connectivity index (χ3n) is 6.24. The Bertz CT molecular complexity index is 1670. The number of ketones is 1. The predicted molar refractivity (Wildman–Crippen MR) is 165 cm³/mol. The van der Waals surface area contributed by atoms with Crippen molar-refractivity contribution in [3.8, 4) is 5.75 Å². The number of fused-ring (bicyclic) bond motifs is 1. The number of amides is 2. The Kier molecular flexibility index (Phi) is 8.49. The first kappa shape index (κ1) is 27.8. The highest BCUT2D eigenvalue weighted by Crippen LogP contribution is 2.35. The molecule has 1 aliphatic heterocycles. The number of carbonyl (C=O) groups is 3. The van der Waals surface area contributed by atoms with Crippen LogP contribution in [0.3, 0.4) is 0 Å². The smallest absolute Gasteiger partial charge is 0.266 e. The fraction of sp³-hybridized carbons (Fsp3) is 0.133. The van der Waals surface area contributed by atoms with Gasteiger partial charge in [0, 0.05) is 23.9 Å². The van der Waals surface area contributed by atoms with Crippen LogP contribution in [0, 0.1) is 0 Å². The second kappa shape index (κ2) is 12.2. The molecule has 1 N–H and O–H groups in total. The van der Waals surface area contributed by atoms with Crippen molar-refractivity contribution in [3.05, 3.63) is 99.1 Å². The van der Waals surface area contributed by atoms with Crippen LogP contribution in [0.1, 0.15) is 34.5 Å². The van der Waals surface area contributed by atoms with Gasteiger partial charge in [-0.05, 0) is 64.3 Å². The van der Waals surface area contributed by atoms with Crippen LogP contribution in [0.25, 0.3) is 17.0 Å². The van der Waals surface area contributed by atoms with Gasteiger partial charge in [0.25, 0.3) is 5.91 Å². The summed E-state index contributed by atoms with van der Waals surface area (Å²) in [6, 6.07) is 21.7. The molecule has 0 unspecified atom stereocenters. The van der Waals surface area contributed by atoms with Crippen LogP contribution < -0.4 is 10.1 Å². The average molecular weight is 636 g/mol. The minimum atomic E-state index is -0.377. The molecule has 0 atom stereocenters. The maximum absolute atomic E-state index is 13.4. The highest BCUT2D eigenvalue weighted by molar-refractivity contribution is 9.10. The molecule has 0 spiro atoms. The quantitative estimate of drug-likeness (QED) is 0.120. The number of halogens is 1. The molecule has 0 radical (unpaired) electrons. The number of anilines is 1. The van der Waals surface area contributed by atoms with E-state index in [9.17, 15) is 14.4 Å². The van der Waals surface area contributed by atoms with Crippen LogP contribution in [-0.4, -0.2) is 40.5 Å². The normalized spacial score (nSPS) is 14.2. The lowest BCUT2D eigenvalue weighted by Gasteiger charge is -2.14. The number of nitrogens with zero attached hydrogens (tertiary/aromatic N) is 1. The number of furan rings is 1. The van der Waals surface area contributed by atoms with Crippen LogP contribution in [-0.2, 0) is 9.59 Å². The molecule has 2 heterocycles. The molecular formula is C30H23BrN2O5S2. The molecule has 1 aliphatic rings. The number of rotatable bonds is 9. The van der Waals surface area contributed by atoms with E-state index in [1.165, 1.54) is 16.7 Å². The zero-order valence-electron chi connectivity index (χ0n) is 21.3. The average Bonchev–Trinajstić information content (AvgIpc) is 3.45. The van der Waals surface area contributed by atoms with Crippen molar-refractivity contribution >= 4 is 84.6 Å². The van der Waals surface area contributed by atoms with E-state index in [1.807, 2.05) is 42.5 Å². The summed E-state index contributed by atoms with van der Waals surface area (Å²) in [5, 5.41) is 3.49. The topological polar surface area (TPSA) is 88.8 Å². The molecule has 7 nitrogen and oxygen atoms in total. The monoisotopic (exact) mass is 634 g/mol. The SMILES string of the molecule is COc1ccc(C(=O)c2oc3ccccc3c2NC(=O)CCCN2C(=O)/C(=C/c3ccccc3)SC2=S)cc1Br. The number of hydrogen-bond acceptors (Lipinski definition) is 7. The van der Waals surface area contributed by atoms with Gasteiger partial charge < -0.3 is 14.5 Å². The highest BCUT2D eigenvalue weighted by Gasteiger charge is 2.32. The van der Waals surface area contributed by atoms with E-state index in [2.05, 4.69) is 21.2 Å². The first-order valence-corrected chi connectivity index (χ1v) is 14.4. The van der Waals surface area contributed by atoms with Crippen LogP contribution in [0.5, 0.6) is 5.75 Å². The highest BCUT2D eigenvalue weighted by atomic mass is 79.9. The van der Waals surface area contributed by atoms with E-state index >= 15 is 0 Å². The summed E-state index contributed by atoms with van der Waals surface area (Å²) in [5.74, 6) is -0.223. The van der Waals surface area contributed by atoms with Gasteiger partial charge >= 0.3 is 0 Å². The van der Waals surface area contributed by atoms with Gasteiger partial charge in [-0.2, -0.15) is 0 Å². The Morgan fingerprint density at radius 2 is 1.85 bits per heavy atom. The zero-order chi connectivity index (χ0) is 28.2. The third kappa shape index (κ3) is 5.89. The van der Waals surface area contributed by atoms with E-state index in [0.717, 1.165) is 5.56 Å². The van der Waals surface area contributed by atoms with Gasteiger partial charge in [0.1, 0.15) is 15.7 Å². The number of thiocarbonyl (C=S) groups is 1. The second-order valence-electron chi connectivity index (χ2n) is 8.88. The lowest BCUT2D eigenvalue weighted by Crippen LogP contribution is -2.29. The Balaban J connectivity index is 1.28. The number of nitrogens with one attached hydrogen (secondary N) is 1. The molecule has 202 valence electrons. The fourth-order valence-electron chi connectivity index (χ4n) is 4.26. The first-order chi connectivity index (χ1) is 19.4. The minimum Gasteiger partial charge on any atom is -0.496 e. The Morgan fingerprint density at radius 3 is 2.60 bits per heavy atom. The largest absolute Gasteiger partial charge is 0.496 e. The van der Waals surface area contributed by atoms with Crippen molar-refractivity contribution in [1.82, 2.24) is 4.90 Å². The van der Waals surface area contributed by atoms with Crippen molar-refractivity contribution in [3.63, 3.8) is 0 Å². The van der Waals surface area contributed by atoms with E-state index in [4.69, 9.17) is 21.4 Å². The molecule has 1 saturated heterocycles. The molecule has 10 heteroatoms. The molecule has 0 aliphatic carbocycles. The van der Waals surface area contributed by atoms with Crippen molar-refractivity contribution in [1.29, 1.82) is 0 Å². The minimum absolute atomic E-state index is 0.0367. The molecule has 2 amide bonds. The predicted octanol–water partition coefficient (Wildman–Crippen LogP) is 7.06.